The van der Waals surface area contributed by atoms with Gasteiger partial charge in [-0.25, -0.2) is 0 Å². The molecule has 2 atom stereocenters. The summed E-state index contributed by atoms with van der Waals surface area (Å²) in [5, 5.41) is 0.592. The first-order chi connectivity index (χ1) is 18.0. The Morgan fingerprint density at radius 1 is 0.763 bits per heavy atom. The average Bonchev–Trinajstić information content (AvgIpc) is 3.24. The van der Waals surface area contributed by atoms with Gasteiger partial charge in [0.25, 0.3) is 20.2 Å². The highest BCUT2D eigenvalue weighted by molar-refractivity contribution is 7.87. The predicted octanol–water partition coefficient (Wildman–Crippen LogP) is 5.81. The van der Waals surface area contributed by atoms with Gasteiger partial charge in [-0.2, -0.15) is 16.8 Å². The SMILES string of the molecule is COc1ccc(Cl)c2c1C(CCOS(=O)(=O)c1ccc(C)cc1)C(CCOS(=O)(=O)c1ccc(C)cc1)C2. The van der Waals surface area contributed by atoms with Crippen molar-refractivity contribution in [1.29, 1.82) is 0 Å². The van der Waals surface area contributed by atoms with Crippen LogP contribution in [0.4, 0.5) is 0 Å². The zero-order valence-corrected chi connectivity index (χ0v) is 23.9. The van der Waals surface area contributed by atoms with Crippen LogP contribution in [0.5, 0.6) is 5.75 Å². The number of methoxy groups -OCH3 is 1. The molecule has 0 radical (unpaired) electrons. The summed E-state index contributed by atoms with van der Waals surface area (Å²) in [4.78, 5) is 0.204. The number of aryl methyl sites for hydroxylation is 2. The van der Waals surface area contributed by atoms with E-state index < -0.39 is 20.2 Å². The lowest BCUT2D eigenvalue weighted by molar-refractivity contribution is 0.244. The monoisotopic (exact) mass is 578 g/mol. The Kier molecular flexibility index (Phi) is 8.84. The molecule has 4 rings (SSSR count). The number of fused-ring (bicyclic) bond motifs is 1. The molecule has 1 aliphatic carbocycles. The Morgan fingerprint density at radius 2 is 1.26 bits per heavy atom. The molecule has 7 nitrogen and oxygen atoms in total. The van der Waals surface area contributed by atoms with Crippen molar-refractivity contribution in [2.75, 3.05) is 20.3 Å². The predicted molar refractivity (Wildman–Crippen MR) is 146 cm³/mol. The molecule has 0 bridgehead atoms. The van der Waals surface area contributed by atoms with Gasteiger partial charge < -0.3 is 4.74 Å². The van der Waals surface area contributed by atoms with Gasteiger partial charge in [-0.15, -0.1) is 0 Å². The molecule has 0 heterocycles. The lowest BCUT2D eigenvalue weighted by Crippen LogP contribution is -2.17. The van der Waals surface area contributed by atoms with E-state index in [0.717, 1.165) is 22.3 Å². The van der Waals surface area contributed by atoms with Gasteiger partial charge in [-0.1, -0.05) is 47.0 Å². The van der Waals surface area contributed by atoms with E-state index in [2.05, 4.69) is 0 Å². The highest BCUT2D eigenvalue weighted by Crippen LogP contribution is 2.48. The third-order valence-corrected chi connectivity index (χ3v) is 9.91. The van der Waals surface area contributed by atoms with Crippen molar-refractivity contribution in [3.63, 3.8) is 0 Å². The molecule has 0 saturated heterocycles. The summed E-state index contributed by atoms with van der Waals surface area (Å²) in [6.45, 7) is 3.69. The van der Waals surface area contributed by atoms with Crippen LogP contribution in [0.3, 0.4) is 0 Å². The second-order valence-electron chi connectivity index (χ2n) is 9.47. The molecule has 0 amide bonds. The fourth-order valence-electron chi connectivity index (χ4n) is 4.87. The first-order valence-corrected chi connectivity index (χ1v) is 15.5. The van der Waals surface area contributed by atoms with E-state index in [4.69, 9.17) is 24.7 Å². The van der Waals surface area contributed by atoms with Crippen molar-refractivity contribution < 1.29 is 29.9 Å². The molecule has 0 saturated carbocycles. The highest BCUT2D eigenvalue weighted by atomic mass is 35.5. The first-order valence-electron chi connectivity index (χ1n) is 12.3. The molecule has 1 aliphatic rings. The van der Waals surface area contributed by atoms with Crippen LogP contribution in [-0.2, 0) is 35.0 Å². The van der Waals surface area contributed by atoms with Gasteiger partial charge in [-0.05, 0) is 86.9 Å². The summed E-state index contributed by atoms with van der Waals surface area (Å²) in [6.07, 6.45) is 1.40. The van der Waals surface area contributed by atoms with Crippen LogP contribution in [0.15, 0.2) is 70.5 Å². The summed E-state index contributed by atoms with van der Waals surface area (Å²) in [6, 6.07) is 16.5. The minimum atomic E-state index is -3.92. The number of ether oxygens (including phenoxy) is 1. The van der Waals surface area contributed by atoms with E-state index in [0.29, 0.717) is 30.0 Å². The molecule has 10 heteroatoms. The minimum Gasteiger partial charge on any atom is -0.496 e. The van der Waals surface area contributed by atoms with Crippen molar-refractivity contribution in [2.24, 2.45) is 5.92 Å². The van der Waals surface area contributed by atoms with Gasteiger partial charge in [0.2, 0.25) is 0 Å². The number of hydrogen-bond acceptors (Lipinski definition) is 7. The maximum Gasteiger partial charge on any atom is 0.296 e. The lowest BCUT2D eigenvalue weighted by Gasteiger charge is -2.22. The van der Waals surface area contributed by atoms with Crippen LogP contribution in [0, 0.1) is 19.8 Å². The van der Waals surface area contributed by atoms with Crippen molar-refractivity contribution in [3.05, 3.63) is 87.9 Å². The van der Waals surface area contributed by atoms with Gasteiger partial charge in [0.05, 0.1) is 30.1 Å². The molecule has 0 aliphatic heterocycles. The quantitative estimate of drug-likeness (QED) is 0.265. The zero-order chi connectivity index (χ0) is 27.5. The molecule has 0 fully saturated rings. The summed E-state index contributed by atoms with van der Waals surface area (Å²) >= 11 is 6.52. The van der Waals surface area contributed by atoms with Gasteiger partial charge >= 0.3 is 0 Å². The van der Waals surface area contributed by atoms with Crippen LogP contribution in [0.2, 0.25) is 5.02 Å². The number of halogens is 1. The maximum atomic E-state index is 12.7. The normalized spacial score (nSPS) is 17.4. The van der Waals surface area contributed by atoms with E-state index >= 15 is 0 Å². The Hall–Kier alpha value is -2.43. The zero-order valence-electron chi connectivity index (χ0n) is 21.5. The van der Waals surface area contributed by atoms with Crippen LogP contribution in [0.25, 0.3) is 0 Å². The second kappa shape index (κ2) is 11.8. The highest BCUT2D eigenvalue weighted by Gasteiger charge is 2.36. The molecule has 2 unspecified atom stereocenters. The number of hydrogen-bond donors (Lipinski definition) is 0. The minimum absolute atomic E-state index is 0.0200. The molecule has 3 aromatic carbocycles. The van der Waals surface area contributed by atoms with E-state index in [9.17, 15) is 16.8 Å². The molecule has 0 spiro atoms. The Bertz CT molecular complexity index is 1480. The molecular weight excluding hydrogens is 548 g/mol. The molecule has 3 aromatic rings. The molecule has 204 valence electrons. The van der Waals surface area contributed by atoms with Crippen LogP contribution in [-0.4, -0.2) is 37.2 Å². The van der Waals surface area contributed by atoms with Gasteiger partial charge in [0.15, 0.2) is 0 Å². The van der Waals surface area contributed by atoms with Crippen LogP contribution < -0.4 is 4.74 Å². The smallest absolute Gasteiger partial charge is 0.296 e. The largest absolute Gasteiger partial charge is 0.496 e. The molecular formula is C28H31ClO7S2. The first kappa shape index (κ1) is 28.6. The lowest BCUT2D eigenvalue weighted by atomic mass is 9.87. The van der Waals surface area contributed by atoms with E-state index in [1.54, 1.807) is 43.5 Å². The van der Waals surface area contributed by atoms with Gasteiger partial charge in [0.1, 0.15) is 5.75 Å². The van der Waals surface area contributed by atoms with Crippen molar-refractivity contribution in [2.45, 2.75) is 48.8 Å². The van der Waals surface area contributed by atoms with Gasteiger partial charge in [-0.3, -0.25) is 8.37 Å². The second-order valence-corrected chi connectivity index (χ2v) is 13.1. The third-order valence-electron chi connectivity index (χ3n) is 6.90. The Morgan fingerprint density at radius 3 is 1.76 bits per heavy atom. The summed E-state index contributed by atoms with van der Waals surface area (Å²) in [7, 11) is -6.25. The van der Waals surface area contributed by atoms with Crippen molar-refractivity contribution >= 4 is 31.8 Å². The van der Waals surface area contributed by atoms with Gasteiger partial charge in [0, 0.05) is 10.6 Å². The van der Waals surface area contributed by atoms with Crippen molar-refractivity contribution in [3.8, 4) is 5.75 Å². The number of benzene rings is 3. The summed E-state index contributed by atoms with van der Waals surface area (Å²) < 4.78 is 67.1. The topological polar surface area (TPSA) is 96.0 Å². The van der Waals surface area contributed by atoms with E-state index in [-0.39, 0.29) is 34.8 Å². The van der Waals surface area contributed by atoms with E-state index in [1.807, 2.05) is 13.8 Å². The van der Waals surface area contributed by atoms with E-state index in [1.165, 1.54) is 24.3 Å². The maximum absolute atomic E-state index is 12.7. The van der Waals surface area contributed by atoms with Crippen LogP contribution in [0.1, 0.15) is 41.0 Å². The van der Waals surface area contributed by atoms with Crippen molar-refractivity contribution in [1.82, 2.24) is 0 Å². The fraction of sp³-hybridized carbons (Fsp3) is 0.357. The Balaban J connectivity index is 1.48. The molecule has 38 heavy (non-hydrogen) atoms. The third kappa shape index (κ3) is 6.40. The van der Waals surface area contributed by atoms with Crippen LogP contribution >= 0.6 is 11.6 Å². The summed E-state index contributed by atoms with van der Waals surface area (Å²) in [5.74, 6) is 0.460. The Labute approximate surface area is 230 Å². The number of rotatable bonds is 11. The molecule has 0 N–H and O–H groups in total. The molecule has 0 aromatic heterocycles. The summed E-state index contributed by atoms with van der Waals surface area (Å²) in [5.41, 5.74) is 3.73. The average molecular weight is 579 g/mol. The fourth-order valence-corrected chi connectivity index (χ4v) is 6.96. The standard InChI is InChI=1S/C28H31ClO7S2/c1-19-4-8-22(9-5-19)37(30,31)35-16-14-21-18-25-26(29)12-13-27(34-3)28(25)24(21)15-17-36-38(32,33)23-10-6-20(2)7-11-23/h4-13,21,24H,14-18H2,1-3H3.